The topological polar surface area (TPSA) is 70.7 Å². The summed E-state index contributed by atoms with van der Waals surface area (Å²) in [5.41, 5.74) is 3.56. The molecule has 5 nitrogen and oxygen atoms in total. The van der Waals surface area contributed by atoms with E-state index in [-0.39, 0.29) is 5.91 Å². The predicted octanol–water partition coefficient (Wildman–Crippen LogP) is 4.63. The first kappa shape index (κ1) is 16.0. The van der Waals surface area contributed by atoms with E-state index in [0.29, 0.717) is 11.6 Å². The Labute approximate surface area is 156 Å². The Hall–Kier alpha value is -2.51. The van der Waals surface area contributed by atoms with Crippen LogP contribution in [0.25, 0.3) is 22.3 Å². The van der Waals surface area contributed by atoms with Crippen molar-refractivity contribution in [1.82, 2.24) is 15.0 Å². The van der Waals surface area contributed by atoms with Crippen LogP contribution >= 0.6 is 27.3 Å². The van der Waals surface area contributed by atoms with Crippen molar-refractivity contribution in [1.29, 1.82) is 0 Å². The molecule has 0 radical (unpaired) electrons. The summed E-state index contributed by atoms with van der Waals surface area (Å²) >= 11 is 4.85. The number of pyridine rings is 1. The van der Waals surface area contributed by atoms with Crippen molar-refractivity contribution in [3.05, 3.63) is 64.2 Å². The number of hydrogen-bond donors (Lipinski definition) is 2. The van der Waals surface area contributed by atoms with Gasteiger partial charge in [0, 0.05) is 33.2 Å². The van der Waals surface area contributed by atoms with Crippen LogP contribution in [0.5, 0.6) is 0 Å². The quantitative estimate of drug-likeness (QED) is 0.513. The van der Waals surface area contributed by atoms with Gasteiger partial charge in [-0.2, -0.15) is 0 Å². The molecule has 124 valence electrons. The molecule has 0 aliphatic rings. The molecule has 0 bridgehead atoms. The van der Waals surface area contributed by atoms with E-state index in [9.17, 15) is 4.79 Å². The SMILES string of the molecule is O=C(Cc1ccccc1)Nc1nc(-c2c[nH]c3ncc(Br)cc23)cs1. The summed E-state index contributed by atoms with van der Waals surface area (Å²) < 4.78 is 0.910. The number of H-pyrrole nitrogens is 1. The highest BCUT2D eigenvalue weighted by Crippen LogP contribution is 2.31. The number of aromatic amines is 1. The van der Waals surface area contributed by atoms with Crippen LogP contribution in [0, 0.1) is 0 Å². The van der Waals surface area contributed by atoms with Crippen LogP contribution in [-0.4, -0.2) is 20.9 Å². The molecule has 1 aromatic carbocycles. The van der Waals surface area contributed by atoms with E-state index >= 15 is 0 Å². The molecular weight excluding hydrogens is 400 g/mol. The summed E-state index contributed by atoms with van der Waals surface area (Å²) in [4.78, 5) is 24.2. The van der Waals surface area contributed by atoms with E-state index in [1.807, 2.05) is 48.0 Å². The number of nitrogens with zero attached hydrogens (tertiary/aromatic N) is 2. The molecule has 0 aliphatic heterocycles. The van der Waals surface area contributed by atoms with Crippen LogP contribution in [-0.2, 0) is 11.2 Å². The van der Waals surface area contributed by atoms with Gasteiger partial charge in [0.2, 0.25) is 5.91 Å². The Kier molecular flexibility index (Phi) is 4.33. The van der Waals surface area contributed by atoms with Crippen molar-refractivity contribution in [2.75, 3.05) is 5.32 Å². The van der Waals surface area contributed by atoms with Gasteiger partial charge in [-0.15, -0.1) is 11.3 Å². The number of fused-ring (bicyclic) bond motifs is 1. The largest absolute Gasteiger partial charge is 0.345 e. The monoisotopic (exact) mass is 412 g/mol. The second-order valence-electron chi connectivity index (χ2n) is 5.50. The zero-order valence-corrected chi connectivity index (χ0v) is 15.4. The number of carbonyl (C=O) groups excluding carboxylic acids is 1. The summed E-state index contributed by atoms with van der Waals surface area (Å²) in [7, 11) is 0. The molecule has 0 atom stereocenters. The summed E-state index contributed by atoms with van der Waals surface area (Å²) in [5, 5.41) is 6.38. The number of amides is 1. The van der Waals surface area contributed by atoms with Gasteiger partial charge in [0.1, 0.15) is 5.65 Å². The fraction of sp³-hybridized carbons (Fsp3) is 0.0556. The third-order valence-electron chi connectivity index (χ3n) is 3.73. The molecule has 0 spiro atoms. The fourth-order valence-corrected chi connectivity index (χ4v) is 3.65. The lowest BCUT2D eigenvalue weighted by atomic mass is 10.1. The first-order valence-corrected chi connectivity index (χ1v) is 9.28. The van der Waals surface area contributed by atoms with E-state index in [2.05, 4.69) is 36.2 Å². The molecule has 1 amide bonds. The van der Waals surface area contributed by atoms with Crippen molar-refractivity contribution >= 4 is 49.3 Å². The van der Waals surface area contributed by atoms with Crippen molar-refractivity contribution in [2.24, 2.45) is 0 Å². The molecule has 25 heavy (non-hydrogen) atoms. The van der Waals surface area contributed by atoms with E-state index in [4.69, 9.17) is 0 Å². The number of aromatic nitrogens is 3. The van der Waals surface area contributed by atoms with E-state index in [0.717, 1.165) is 32.3 Å². The summed E-state index contributed by atoms with van der Waals surface area (Å²) in [6, 6.07) is 11.7. The minimum Gasteiger partial charge on any atom is -0.345 e. The lowest BCUT2D eigenvalue weighted by Crippen LogP contribution is -2.14. The number of benzene rings is 1. The normalized spacial score (nSPS) is 10.9. The lowest BCUT2D eigenvalue weighted by Gasteiger charge is -2.01. The minimum absolute atomic E-state index is 0.0737. The Morgan fingerprint density at radius 2 is 2.12 bits per heavy atom. The van der Waals surface area contributed by atoms with Gasteiger partial charge in [-0.1, -0.05) is 30.3 Å². The molecule has 3 heterocycles. The van der Waals surface area contributed by atoms with Gasteiger partial charge in [-0.05, 0) is 27.6 Å². The third-order valence-corrected chi connectivity index (χ3v) is 4.92. The van der Waals surface area contributed by atoms with Crippen LogP contribution in [0.15, 0.2) is 58.6 Å². The highest BCUT2D eigenvalue weighted by molar-refractivity contribution is 9.10. The van der Waals surface area contributed by atoms with Crippen molar-refractivity contribution < 1.29 is 4.79 Å². The molecule has 0 fully saturated rings. The first-order valence-electron chi connectivity index (χ1n) is 7.61. The molecule has 0 saturated carbocycles. The molecule has 4 rings (SSSR count). The number of thiazole rings is 1. The molecule has 3 aromatic heterocycles. The zero-order chi connectivity index (χ0) is 17.2. The van der Waals surface area contributed by atoms with Gasteiger partial charge in [0.15, 0.2) is 5.13 Å². The smallest absolute Gasteiger partial charge is 0.230 e. The average molecular weight is 413 g/mol. The first-order chi connectivity index (χ1) is 12.2. The number of hydrogen-bond acceptors (Lipinski definition) is 4. The summed E-state index contributed by atoms with van der Waals surface area (Å²) in [6.45, 7) is 0. The summed E-state index contributed by atoms with van der Waals surface area (Å²) in [5.74, 6) is -0.0737. The van der Waals surface area contributed by atoms with Crippen molar-refractivity contribution in [3.8, 4) is 11.3 Å². The minimum atomic E-state index is -0.0737. The molecule has 4 aromatic rings. The number of halogens is 1. The van der Waals surface area contributed by atoms with Crippen molar-refractivity contribution in [2.45, 2.75) is 6.42 Å². The molecule has 0 aliphatic carbocycles. The molecule has 2 N–H and O–H groups in total. The maximum atomic E-state index is 12.2. The highest BCUT2D eigenvalue weighted by atomic mass is 79.9. The second-order valence-corrected chi connectivity index (χ2v) is 7.27. The van der Waals surface area contributed by atoms with Gasteiger partial charge < -0.3 is 10.3 Å². The summed E-state index contributed by atoms with van der Waals surface area (Å²) in [6.07, 6.45) is 3.97. The van der Waals surface area contributed by atoms with Crippen LogP contribution in [0.1, 0.15) is 5.56 Å². The van der Waals surface area contributed by atoms with Gasteiger partial charge in [0.05, 0.1) is 12.1 Å². The van der Waals surface area contributed by atoms with E-state index < -0.39 is 0 Å². The third kappa shape index (κ3) is 3.47. The van der Waals surface area contributed by atoms with E-state index in [1.54, 1.807) is 6.20 Å². The Morgan fingerprint density at radius 3 is 2.96 bits per heavy atom. The molecule has 0 saturated heterocycles. The Bertz CT molecular complexity index is 1040. The van der Waals surface area contributed by atoms with Crippen LogP contribution < -0.4 is 5.32 Å². The van der Waals surface area contributed by atoms with Crippen LogP contribution in [0.2, 0.25) is 0 Å². The Morgan fingerprint density at radius 1 is 1.28 bits per heavy atom. The second kappa shape index (κ2) is 6.78. The lowest BCUT2D eigenvalue weighted by molar-refractivity contribution is -0.115. The predicted molar refractivity (Wildman–Crippen MR) is 104 cm³/mol. The average Bonchev–Trinajstić information content (AvgIpc) is 3.22. The van der Waals surface area contributed by atoms with Gasteiger partial charge in [0.25, 0.3) is 0 Å². The number of nitrogens with one attached hydrogen (secondary N) is 2. The van der Waals surface area contributed by atoms with Gasteiger partial charge in [-0.3, -0.25) is 4.79 Å². The van der Waals surface area contributed by atoms with Gasteiger partial charge in [-0.25, -0.2) is 9.97 Å². The number of anilines is 1. The highest BCUT2D eigenvalue weighted by Gasteiger charge is 2.13. The van der Waals surface area contributed by atoms with Crippen LogP contribution in [0.3, 0.4) is 0 Å². The number of carbonyl (C=O) groups is 1. The molecular formula is C18H13BrN4OS. The maximum Gasteiger partial charge on any atom is 0.230 e. The molecule has 0 unspecified atom stereocenters. The molecule has 7 heteroatoms. The Balaban J connectivity index is 1.53. The van der Waals surface area contributed by atoms with Gasteiger partial charge >= 0.3 is 0 Å². The van der Waals surface area contributed by atoms with E-state index in [1.165, 1.54) is 11.3 Å². The standard InChI is InChI=1S/C18H13BrN4OS/c19-12-7-13-14(9-21-17(13)20-8-12)15-10-25-18(22-15)23-16(24)6-11-4-2-1-3-5-11/h1-5,7-10H,6H2,(H,20,21)(H,22,23,24). The van der Waals surface area contributed by atoms with Crippen molar-refractivity contribution in [3.63, 3.8) is 0 Å². The zero-order valence-electron chi connectivity index (χ0n) is 13.0. The van der Waals surface area contributed by atoms with Crippen LogP contribution in [0.4, 0.5) is 5.13 Å². The fourth-order valence-electron chi connectivity index (χ4n) is 2.59. The number of rotatable bonds is 4. The maximum absolute atomic E-state index is 12.2.